The topological polar surface area (TPSA) is 79.8 Å². The fourth-order valence-electron chi connectivity index (χ4n) is 3.10. The van der Waals surface area contributed by atoms with Gasteiger partial charge in [0.15, 0.2) is 21.6 Å². The van der Waals surface area contributed by atoms with Gasteiger partial charge in [0.25, 0.3) is 5.91 Å². The van der Waals surface area contributed by atoms with Crippen LogP contribution < -0.4 is 9.64 Å². The molecule has 0 radical (unpaired) electrons. The Kier molecular flexibility index (Phi) is 8.10. The van der Waals surface area contributed by atoms with Crippen molar-refractivity contribution < 1.29 is 17.9 Å². The number of carbonyl (C=O) groups is 1. The number of thiazole rings is 1. The minimum atomic E-state index is -3.33. The van der Waals surface area contributed by atoms with Crippen LogP contribution in [0.3, 0.4) is 0 Å². The molecule has 0 aliphatic rings. The van der Waals surface area contributed by atoms with Crippen LogP contribution in [-0.2, 0) is 14.6 Å². The molecule has 7 nitrogen and oxygen atoms in total. The van der Waals surface area contributed by atoms with Gasteiger partial charge in [-0.15, -0.1) is 0 Å². The molecule has 10 heteroatoms. The van der Waals surface area contributed by atoms with E-state index in [9.17, 15) is 13.2 Å². The van der Waals surface area contributed by atoms with Gasteiger partial charge in [-0.05, 0) is 55.6 Å². The molecule has 3 rings (SSSR count). The zero-order valence-corrected chi connectivity index (χ0v) is 20.6. The third kappa shape index (κ3) is 6.19. The maximum absolute atomic E-state index is 13.1. The van der Waals surface area contributed by atoms with Gasteiger partial charge in [-0.2, -0.15) is 0 Å². The molecule has 0 aliphatic carbocycles. The summed E-state index contributed by atoms with van der Waals surface area (Å²) in [6.45, 7) is 6.88. The van der Waals surface area contributed by atoms with Crippen LogP contribution in [0, 0.1) is 0 Å². The van der Waals surface area contributed by atoms with Crippen molar-refractivity contribution in [3.05, 3.63) is 47.5 Å². The van der Waals surface area contributed by atoms with E-state index in [1.807, 2.05) is 0 Å². The van der Waals surface area contributed by atoms with Crippen LogP contribution in [-0.4, -0.2) is 63.3 Å². The van der Waals surface area contributed by atoms with Crippen molar-refractivity contribution in [3.63, 3.8) is 0 Å². The number of amides is 1. The van der Waals surface area contributed by atoms with E-state index in [-0.39, 0.29) is 17.4 Å². The first-order valence-corrected chi connectivity index (χ1v) is 13.3. The van der Waals surface area contributed by atoms with Gasteiger partial charge in [-0.25, -0.2) is 13.4 Å². The van der Waals surface area contributed by atoms with E-state index >= 15 is 0 Å². The average molecular weight is 496 g/mol. The quantitative estimate of drug-likeness (QED) is 0.421. The molecule has 0 unspecified atom stereocenters. The Bertz CT molecular complexity index is 1180. The number of nitrogens with zero attached hydrogens (tertiary/aromatic N) is 3. The summed E-state index contributed by atoms with van der Waals surface area (Å²) in [4.78, 5) is 21.8. The Morgan fingerprint density at radius 1 is 1.09 bits per heavy atom. The number of hydrogen-bond acceptors (Lipinski definition) is 7. The molecule has 1 amide bonds. The largest absolute Gasteiger partial charge is 0.484 e. The van der Waals surface area contributed by atoms with Crippen LogP contribution in [0.2, 0.25) is 5.02 Å². The van der Waals surface area contributed by atoms with E-state index in [1.54, 1.807) is 41.3 Å². The van der Waals surface area contributed by atoms with E-state index in [0.717, 1.165) is 13.1 Å². The molecule has 0 aliphatic heterocycles. The molecule has 0 spiro atoms. The Morgan fingerprint density at radius 2 is 1.78 bits per heavy atom. The Labute approximate surface area is 197 Å². The summed E-state index contributed by atoms with van der Waals surface area (Å²) in [5, 5.41) is 1.11. The number of benzene rings is 2. The number of halogens is 1. The lowest BCUT2D eigenvalue weighted by atomic mass is 10.3. The van der Waals surface area contributed by atoms with Crippen molar-refractivity contribution >= 4 is 54.0 Å². The number of fused-ring (bicyclic) bond motifs is 1. The normalized spacial score (nSPS) is 11.8. The third-order valence-electron chi connectivity index (χ3n) is 5.02. The summed E-state index contributed by atoms with van der Waals surface area (Å²) in [7, 11) is -3.33. The van der Waals surface area contributed by atoms with E-state index in [2.05, 4.69) is 23.7 Å². The van der Waals surface area contributed by atoms with Crippen LogP contribution in [0.1, 0.15) is 13.8 Å². The standard InChI is InChI=1S/C22H26ClN3O4S2/c1-4-25(5-2)12-13-26(21(27)15-30-17-8-6-16(23)7-9-17)22-24-19-11-10-18(32(3,28)29)14-20(19)31-22/h6-11,14H,4-5,12-13,15H2,1-3H3. The van der Waals surface area contributed by atoms with Crippen LogP contribution in [0.25, 0.3) is 10.2 Å². The number of aromatic nitrogens is 1. The smallest absolute Gasteiger partial charge is 0.266 e. The monoisotopic (exact) mass is 495 g/mol. The highest BCUT2D eigenvalue weighted by Gasteiger charge is 2.22. The number of sulfone groups is 1. The fraction of sp³-hybridized carbons (Fsp3) is 0.364. The molecule has 3 aromatic rings. The average Bonchev–Trinajstić information content (AvgIpc) is 3.18. The third-order valence-corrected chi connectivity index (χ3v) is 7.42. The lowest BCUT2D eigenvalue weighted by molar-refractivity contribution is -0.120. The maximum atomic E-state index is 13.1. The van der Waals surface area contributed by atoms with Gasteiger partial charge in [0.2, 0.25) is 0 Å². The number of carbonyl (C=O) groups excluding carboxylic acids is 1. The Morgan fingerprint density at radius 3 is 2.41 bits per heavy atom. The molecular weight excluding hydrogens is 470 g/mol. The molecule has 1 heterocycles. The number of rotatable bonds is 10. The summed E-state index contributed by atoms with van der Waals surface area (Å²) in [5.41, 5.74) is 0.650. The van der Waals surface area contributed by atoms with Gasteiger partial charge < -0.3 is 9.64 Å². The molecule has 2 aromatic carbocycles. The Hall–Kier alpha value is -2.20. The SMILES string of the molecule is CCN(CC)CCN(C(=O)COc1ccc(Cl)cc1)c1nc2ccc(S(C)(=O)=O)cc2s1. The second-order valence-electron chi connectivity index (χ2n) is 7.21. The van der Waals surface area contributed by atoms with E-state index in [0.29, 0.717) is 39.2 Å². The van der Waals surface area contributed by atoms with Crippen LogP contribution in [0.15, 0.2) is 47.4 Å². The summed E-state index contributed by atoms with van der Waals surface area (Å²) in [5.74, 6) is 0.322. The van der Waals surface area contributed by atoms with Crippen molar-refractivity contribution in [1.29, 1.82) is 0 Å². The molecule has 0 bridgehead atoms. The number of likely N-dealkylation sites (N-methyl/N-ethyl adjacent to an activating group) is 1. The molecule has 0 saturated carbocycles. The lowest BCUT2D eigenvalue weighted by Gasteiger charge is -2.24. The van der Waals surface area contributed by atoms with Crippen molar-refractivity contribution in [3.8, 4) is 5.75 Å². The van der Waals surface area contributed by atoms with Gasteiger partial charge >= 0.3 is 0 Å². The van der Waals surface area contributed by atoms with Crippen molar-refractivity contribution in [2.24, 2.45) is 0 Å². The molecular formula is C22H26ClN3O4S2. The van der Waals surface area contributed by atoms with E-state index < -0.39 is 9.84 Å². The van der Waals surface area contributed by atoms with Crippen LogP contribution >= 0.6 is 22.9 Å². The zero-order chi connectivity index (χ0) is 23.3. The zero-order valence-electron chi connectivity index (χ0n) is 18.2. The molecule has 0 fully saturated rings. The number of anilines is 1. The maximum Gasteiger partial charge on any atom is 0.266 e. The highest BCUT2D eigenvalue weighted by atomic mass is 35.5. The van der Waals surface area contributed by atoms with Crippen molar-refractivity contribution in [1.82, 2.24) is 9.88 Å². The first kappa shape index (κ1) is 24.4. The highest BCUT2D eigenvalue weighted by molar-refractivity contribution is 7.90. The minimum Gasteiger partial charge on any atom is -0.484 e. The van der Waals surface area contributed by atoms with Gasteiger partial charge in [-0.1, -0.05) is 36.8 Å². The lowest BCUT2D eigenvalue weighted by Crippen LogP contribution is -2.41. The molecule has 0 saturated heterocycles. The molecule has 172 valence electrons. The van der Waals surface area contributed by atoms with Crippen LogP contribution in [0.4, 0.5) is 5.13 Å². The van der Waals surface area contributed by atoms with Gasteiger partial charge in [0.05, 0.1) is 15.1 Å². The van der Waals surface area contributed by atoms with Gasteiger partial charge in [-0.3, -0.25) is 9.69 Å². The second-order valence-corrected chi connectivity index (χ2v) is 10.7. The summed E-state index contributed by atoms with van der Waals surface area (Å²) >= 11 is 7.19. The van der Waals surface area contributed by atoms with Crippen molar-refractivity contribution in [2.75, 3.05) is 43.9 Å². The second kappa shape index (κ2) is 10.6. The molecule has 0 N–H and O–H groups in total. The van der Waals surface area contributed by atoms with Gasteiger partial charge in [0, 0.05) is 24.4 Å². The van der Waals surface area contributed by atoms with Crippen LogP contribution in [0.5, 0.6) is 5.75 Å². The Balaban J connectivity index is 1.85. The fourth-order valence-corrected chi connectivity index (χ4v) is 5.00. The summed E-state index contributed by atoms with van der Waals surface area (Å²) in [6, 6.07) is 11.6. The first-order chi connectivity index (χ1) is 15.2. The number of hydrogen-bond donors (Lipinski definition) is 0. The predicted octanol–water partition coefficient (Wildman–Crippen LogP) is 4.11. The molecule has 1 aromatic heterocycles. The van der Waals surface area contributed by atoms with Crippen molar-refractivity contribution in [2.45, 2.75) is 18.7 Å². The predicted molar refractivity (Wildman–Crippen MR) is 130 cm³/mol. The molecule has 32 heavy (non-hydrogen) atoms. The first-order valence-electron chi connectivity index (χ1n) is 10.2. The minimum absolute atomic E-state index is 0.148. The van der Waals surface area contributed by atoms with E-state index in [4.69, 9.17) is 16.3 Å². The molecule has 0 atom stereocenters. The highest BCUT2D eigenvalue weighted by Crippen LogP contribution is 2.31. The van der Waals surface area contributed by atoms with E-state index in [1.165, 1.54) is 23.7 Å². The summed E-state index contributed by atoms with van der Waals surface area (Å²) < 4.78 is 30.2. The number of ether oxygens (including phenoxy) is 1. The summed E-state index contributed by atoms with van der Waals surface area (Å²) in [6.07, 6.45) is 1.17. The van der Waals surface area contributed by atoms with Gasteiger partial charge in [0.1, 0.15) is 5.75 Å².